The molecule has 1 aromatic heterocycles. The Morgan fingerprint density at radius 1 is 1.35 bits per heavy atom. The Hall–Kier alpha value is -1.17. The zero-order valence-corrected chi connectivity index (χ0v) is 13.7. The predicted octanol–water partition coefficient (Wildman–Crippen LogP) is 3.17. The third-order valence-electron chi connectivity index (χ3n) is 3.15. The minimum absolute atomic E-state index is 0.105. The fourth-order valence-corrected chi connectivity index (χ4v) is 3.22. The molecule has 5 heteroatoms. The summed E-state index contributed by atoms with van der Waals surface area (Å²) in [5.41, 5.74) is 8.89. The summed E-state index contributed by atoms with van der Waals surface area (Å²) in [6.45, 7) is 1.09. The van der Waals surface area contributed by atoms with Crippen LogP contribution < -0.4 is 5.73 Å². The van der Waals surface area contributed by atoms with Crippen molar-refractivity contribution in [3.63, 3.8) is 0 Å². The summed E-state index contributed by atoms with van der Waals surface area (Å²) in [6.07, 6.45) is 0.398. The lowest BCUT2D eigenvalue weighted by atomic mass is 10.0. The van der Waals surface area contributed by atoms with Crippen LogP contribution in [0.15, 0.2) is 39.5 Å². The molecule has 0 radical (unpaired) electrons. The van der Waals surface area contributed by atoms with E-state index in [1.807, 2.05) is 37.4 Å². The minimum Gasteiger partial charge on any atom is -0.341 e. The highest BCUT2D eigenvalue weighted by Crippen LogP contribution is 2.21. The molecular weight excluding hydrogens is 336 g/mol. The molecule has 1 heterocycles. The van der Waals surface area contributed by atoms with Gasteiger partial charge < -0.3 is 10.6 Å². The second kappa shape index (κ2) is 7.02. The molecule has 1 amide bonds. The Balaban J connectivity index is 2.00. The van der Waals surface area contributed by atoms with E-state index in [1.165, 1.54) is 0 Å². The van der Waals surface area contributed by atoms with E-state index in [0.29, 0.717) is 19.5 Å². The number of amides is 1. The molecule has 3 nitrogen and oxygen atoms in total. The first-order chi connectivity index (χ1) is 9.60. The van der Waals surface area contributed by atoms with E-state index >= 15 is 0 Å². The second-order valence-corrected chi connectivity index (χ2v) is 6.95. The van der Waals surface area contributed by atoms with Gasteiger partial charge in [0.2, 0.25) is 5.91 Å². The Kier molecular flexibility index (Phi) is 5.34. The van der Waals surface area contributed by atoms with Gasteiger partial charge in [0.15, 0.2) is 0 Å². The number of benzene rings is 1. The van der Waals surface area contributed by atoms with Crippen LogP contribution >= 0.6 is 27.3 Å². The largest absolute Gasteiger partial charge is 0.341 e. The monoisotopic (exact) mass is 352 g/mol. The van der Waals surface area contributed by atoms with Gasteiger partial charge in [0.1, 0.15) is 0 Å². The van der Waals surface area contributed by atoms with Crippen LogP contribution in [-0.4, -0.2) is 17.9 Å². The number of hydrogen-bond donors (Lipinski definition) is 1. The summed E-state index contributed by atoms with van der Waals surface area (Å²) >= 11 is 5.06. The van der Waals surface area contributed by atoms with Crippen molar-refractivity contribution in [2.45, 2.75) is 19.5 Å². The van der Waals surface area contributed by atoms with E-state index in [4.69, 9.17) is 5.73 Å². The Labute approximate surface area is 131 Å². The van der Waals surface area contributed by atoms with Gasteiger partial charge in [-0.15, -0.1) is 11.3 Å². The first-order valence-corrected chi connectivity index (χ1v) is 8.01. The maximum absolute atomic E-state index is 12.3. The number of nitrogens with two attached hydrogens (primary N) is 1. The summed E-state index contributed by atoms with van der Waals surface area (Å²) < 4.78 is 1.09. The van der Waals surface area contributed by atoms with E-state index in [-0.39, 0.29) is 5.91 Å². The van der Waals surface area contributed by atoms with Crippen LogP contribution in [0.3, 0.4) is 0 Å². The zero-order chi connectivity index (χ0) is 14.5. The quantitative estimate of drug-likeness (QED) is 0.898. The molecule has 0 saturated carbocycles. The number of nitrogens with zero attached hydrogens (tertiary/aromatic N) is 1. The highest BCUT2D eigenvalue weighted by atomic mass is 79.9. The lowest BCUT2D eigenvalue weighted by molar-refractivity contribution is -0.129. The number of halogens is 1. The normalized spacial score (nSPS) is 10.6. The van der Waals surface area contributed by atoms with E-state index < -0.39 is 0 Å². The number of likely N-dealkylation sites (N-methyl/N-ethyl adjacent to an activating group) is 1. The number of carbonyl (C=O) groups is 1. The van der Waals surface area contributed by atoms with Crippen molar-refractivity contribution in [2.75, 3.05) is 7.05 Å². The van der Waals surface area contributed by atoms with Crippen molar-refractivity contribution >= 4 is 33.2 Å². The first-order valence-electron chi connectivity index (χ1n) is 6.34. The molecule has 0 unspecified atom stereocenters. The summed E-state index contributed by atoms with van der Waals surface area (Å²) in [5, 5.41) is 2.06. The number of rotatable bonds is 5. The molecule has 0 fully saturated rings. The molecule has 0 atom stereocenters. The van der Waals surface area contributed by atoms with Gasteiger partial charge in [-0.25, -0.2) is 0 Å². The summed E-state index contributed by atoms with van der Waals surface area (Å²) in [6, 6.07) is 9.87. The summed E-state index contributed by atoms with van der Waals surface area (Å²) in [4.78, 5) is 14.0. The van der Waals surface area contributed by atoms with Gasteiger partial charge >= 0.3 is 0 Å². The van der Waals surface area contributed by atoms with Crippen LogP contribution in [0.2, 0.25) is 0 Å². The predicted molar refractivity (Wildman–Crippen MR) is 86.5 cm³/mol. The molecule has 0 aliphatic rings. The van der Waals surface area contributed by atoms with Crippen molar-refractivity contribution in [3.8, 4) is 0 Å². The van der Waals surface area contributed by atoms with Gasteiger partial charge in [0.25, 0.3) is 0 Å². The van der Waals surface area contributed by atoms with Gasteiger partial charge in [0.05, 0.1) is 10.2 Å². The number of hydrogen-bond acceptors (Lipinski definition) is 3. The Bertz CT molecular complexity index is 597. The Morgan fingerprint density at radius 2 is 2.05 bits per heavy atom. The van der Waals surface area contributed by atoms with Gasteiger partial charge in [0, 0.05) is 20.1 Å². The minimum atomic E-state index is 0.105. The zero-order valence-electron chi connectivity index (χ0n) is 11.3. The van der Waals surface area contributed by atoms with Gasteiger partial charge in [-0.1, -0.05) is 24.3 Å². The lowest BCUT2D eigenvalue weighted by Crippen LogP contribution is -2.28. The highest BCUT2D eigenvalue weighted by Gasteiger charge is 2.12. The lowest BCUT2D eigenvalue weighted by Gasteiger charge is -2.17. The first kappa shape index (κ1) is 15.2. The van der Waals surface area contributed by atoms with E-state index in [9.17, 15) is 4.79 Å². The van der Waals surface area contributed by atoms with Crippen molar-refractivity contribution in [2.24, 2.45) is 5.73 Å². The average Bonchev–Trinajstić information content (AvgIpc) is 2.84. The van der Waals surface area contributed by atoms with Crippen LogP contribution in [0, 0.1) is 0 Å². The van der Waals surface area contributed by atoms with Crippen LogP contribution in [0.4, 0.5) is 0 Å². The van der Waals surface area contributed by atoms with Gasteiger partial charge in [-0.05, 0) is 44.1 Å². The van der Waals surface area contributed by atoms with Crippen LogP contribution in [0.25, 0.3) is 0 Å². The van der Waals surface area contributed by atoms with Crippen molar-refractivity contribution in [1.29, 1.82) is 0 Å². The Morgan fingerprint density at radius 3 is 2.65 bits per heavy atom. The standard InChI is InChI=1S/C15H17BrN2OS/c1-18(9-11-6-14(16)20-10-11)15(19)7-12-4-2-3-5-13(12)8-17/h2-6,10H,7-9,17H2,1H3. The van der Waals surface area contributed by atoms with E-state index in [2.05, 4.69) is 21.3 Å². The second-order valence-electron chi connectivity index (χ2n) is 4.66. The molecule has 2 rings (SSSR count). The molecule has 1 aromatic carbocycles. The molecule has 0 aliphatic carbocycles. The molecule has 20 heavy (non-hydrogen) atoms. The van der Waals surface area contributed by atoms with E-state index in [0.717, 1.165) is 20.5 Å². The maximum Gasteiger partial charge on any atom is 0.227 e. The molecule has 0 aliphatic heterocycles. The molecule has 0 spiro atoms. The van der Waals surface area contributed by atoms with Crippen molar-refractivity contribution in [3.05, 3.63) is 56.2 Å². The van der Waals surface area contributed by atoms with Crippen LogP contribution in [0.5, 0.6) is 0 Å². The van der Waals surface area contributed by atoms with Crippen molar-refractivity contribution < 1.29 is 4.79 Å². The molecular formula is C15H17BrN2OS. The van der Waals surface area contributed by atoms with E-state index in [1.54, 1.807) is 16.2 Å². The fourth-order valence-electron chi connectivity index (χ4n) is 2.02. The topological polar surface area (TPSA) is 46.3 Å². The van der Waals surface area contributed by atoms with Crippen LogP contribution in [0.1, 0.15) is 16.7 Å². The SMILES string of the molecule is CN(Cc1csc(Br)c1)C(=O)Cc1ccccc1CN. The fraction of sp³-hybridized carbons (Fsp3) is 0.267. The number of thiophene rings is 1. The number of carbonyl (C=O) groups excluding carboxylic acids is 1. The molecule has 0 bridgehead atoms. The molecule has 106 valence electrons. The summed E-state index contributed by atoms with van der Waals surface area (Å²) in [7, 11) is 1.83. The van der Waals surface area contributed by atoms with Gasteiger partial charge in [-0.3, -0.25) is 4.79 Å². The molecule has 2 N–H and O–H groups in total. The highest BCUT2D eigenvalue weighted by molar-refractivity contribution is 9.11. The average molecular weight is 353 g/mol. The smallest absolute Gasteiger partial charge is 0.227 e. The maximum atomic E-state index is 12.3. The molecule has 0 saturated heterocycles. The van der Waals surface area contributed by atoms with Crippen LogP contribution in [-0.2, 0) is 24.3 Å². The third-order valence-corrected chi connectivity index (χ3v) is 4.70. The summed E-state index contributed by atoms with van der Waals surface area (Å²) in [5.74, 6) is 0.105. The molecule has 2 aromatic rings. The third kappa shape index (κ3) is 3.91. The van der Waals surface area contributed by atoms with Gasteiger partial charge in [-0.2, -0.15) is 0 Å². The van der Waals surface area contributed by atoms with Crippen molar-refractivity contribution in [1.82, 2.24) is 4.90 Å².